The minimum absolute atomic E-state index is 0.687. The molecule has 3 aliphatic rings. The zero-order valence-corrected chi connectivity index (χ0v) is 13.4. The van der Waals surface area contributed by atoms with Crippen molar-refractivity contribution in [3.05, 3.63) is 11.6 Å². The van der Waals surface area contributed by atoms with E-state index in [0.717, 1.165) is 18.0 Å². The Hall–Kier alpha value is -0.340. The summed E-state index contributed by atoms with van der Waals surface area (Å²) in [5.74, 6) is 0.889. The van der Waals surface area contributed by atoms with Crippen LogP contribution in [-0.2, 0) is 0 Å². The number of rotatable bonds is 5. The maximum Gasteiger partial charge on any atom is 0.0309 e. The summed E-state index contributed by atoms with van der Waals surface area (Å²) in [6, 6.07) is 2.43. The normalized spacial score (nSPS) is 35.9. The predicted molar refractivity (Wildman–Crippen MR) is 85.9 cm³/mol. The molecule has 0 aromatic carbocycles. The van der Waals surface area contributed by atoms with E-state index in [1.165, 1.54) is 64.3 Å². The molecule has 2 nitrogen and oxygen atoms in total. The van der Waals surface area contributed by atoms with Crippen molar-refractivity contribution < 1.29 is 0 Å². The van der Waals surface area contributed by atoms with Gasteiger partial charge in [-0.25, -0.2) is 0 Å². The lowest BCUT2D eigenvalue weighted by Crippen LogP contribution is -2.48. The van der Waals surface area contributed by atoms with Crippen molar-refractivity contribution in [2.24, 2.45) is 5.92 Å². The number of fused-ring (bicyclic) bond motifs is 2. The molecule has 0 aromatic rings. The Morgan fingerprint density at radius 1 is 1.25 bits per heavy atom. The molecule has 0 radical (unpaired) electrons. The molecular formula is C18H32N2. The van der Waals surface area contributed by atoms with Gasteiger partial charge in [-0.3, -0.25) is 0 Å². The van der Waals surface area contributed by atoms with Crippen LogP contribution >= 0.6 is 0 Å². The number of hydrogen-bond donors (Lipinski definition) is 1. The fourth-order valence-electron chi connectivity index (χ4n) is 4.77. The lowest BCUT2D eigenvalue weighted by Gasteiger charge is -2.41. The summed E-state index contributed by atoms with van der Waals surface area (Å²) in [7, 11) is 2.35. The van der Waals surface area contributed by atoms with Crippen LogP contribution in [0.5, 0.6) is 0 Å². The number of allylic oxidation sites excluding steroid dienone is 1. The van der Waals surface area contributed by atoms with E-state index >= 15 is 0 Å². The molecule has 3 rings (SSSR count). The summed E-state index contributed by atoms with van der Waals surface area (Å²) >= 11 is 0. The topological polar surface area (TPSA) is 15.3 Å². The molecule has 20 heavy (non-hydrogen) atoms. The van der Waals surface area contributed by atoms with Crippen molar-refractivity contribution in [3.63, 3.8) is 0 Å². The molecule has 3 unspecified atom stereocenters. The lowest BCUT2D eigenvalue weighted by atomic mass is 9.79. The zero-order valence-electron chi connectivity index (χ0n) is 13.4. The van der Waals surface area contributed by atoms with Crippen LogP contribution in [0, 0.1) is 5.92 Å². The van der Waals surface area contributed by atoms with Crippen LogP contribution < -0.4 is 5.32 Å². The van der Waals surface area contributed by atoms with Gasteiger partial charge in [-0.05, 0) is 77.3 Å². The van der Waals surface area contributed by atoms with E-state index < -0.39 is 0 Å². The van der Waals surface area contributed by atoms with E-state index in [9.17, 15) is 0 Å². The fourth-order valence-corrected chi connectivity index (χ4v) is 4.77. The Morgan fingerprint density at radius 2 is 2.00 bits per heavy atom. The Morgan fingerprint density at radius 3 is 2.60 bits per heavy atom. The molecule has 1 aliphatic carbocycles. The molecule has 2 heteroatoms. The van der Waals surface area contributed by atoms with E-state index in [2.05, 4.69) is 30.3 Å². The maximum atomic E-state index is 3.91. The monoisotopic (exact) mass is 276 g/mol. The lowest BCUT2D eigenvalue weighted by molar-refractivity contribution is 0.118. The van der Waals surface area contributed by atoms with Crippen molar-refractivity contribution in [2.75, 3.05) is 13.6 Å². The average Bonchev–Trinajstić information content (AvgIpc) is 2.70. The van der Waals surface area contributed by atoms with Gasteiger partial charge in [0.2, 0.25) is 0 Å². The highest BCUT2D eigenvalue weighted by atomic mass is 15.2. The summed E-state index contributed by atoms with van der Waals surface area (Å²) in [6.07, 6.45) is 15.0. The van der Waals surface area contributed by atoms with Crippen molar-refractivity contribution in [3.8, 4) is 0 Å². The molecule has 0 spiro atoms. The summed E-state index contributed by atoms with van der Waals surface area (Å²) < 4.78 is 0. The Bertz CT molecular complexity index is 335. The summed E-state index contributed by atoms with van der Waals surface area (Å²) in [6.45, 7) is 3.47. The summed E-state index contributed by atoms with van der Waals surface area (Å²) in [5.41, 5.74) is 1.75. The van der Waals surface area contributed by atoms with Crippen molar-refractivity contribution in [2.45, 2.75) is 82.8 Å². The SMILES string of the molecule is CCCNC(C1=CCCCC1)C1CC2CCC(C1)N2C. The zero-order chi connectivity index (χ0) is 13.9. The number of piperidine rings is 1. The van der Waals surface area contributed by atoms with Crippen LogP contribution in [0.15, 0.2) is 11.6 Å². The van der Waals surface area contributed by atoms with Crippen LogP contribution in [0.25, 0.3) is 0 Å². The van der Waals surface area contributed by atoms with Crippen LogP contribution in [-0.4, -0.2) is 36.6 Å². The van der Waals surface area contributed by atoms with Crippen molar-refractivity contribution in [1.29, 1.82) is 0 Å². The van der Waals surface area contributed by atoms with Gasteiger partial charge in [0.1, 0.15) is 0 Å². The van der Waals surface area contributed by atoms with Crippen LogP contribution in [0.2, 0.25) is 0 Å². The maximum absolute atomic E-state index is 3.91. The van der Waals surface area contributed by atoms with Crippen molar-refractivity contribution >= 4 is 0 Å². The van der Waals surface area contributed by atoms with E-state index in [-0.39, 0.29) is 0 Å². The molecule has 0 aromatic heterocycles. The Balaban J connectivity index is 1.70. The Labute approximate surface area is 125 Å². The minimum atomic E-state index is 0.687. The second kappa shape index (κ2) is 6.62. The van der Waals surface area contributed by atoms with Gasteiger partial charge >= 0.3 is 0 Å². The van der Waals surface area contributed by atoms with Crippen LogP contribution in [0.3, 0.4) is 0 Å². The first-order chi connectivity index (χ1) is 9.79. The van der Waals surface area contributed by atoms with Gasteiger partial charge in [-0.15, -0.1) is 0 Å². The van der Waals surface area contributed by atoms with Crippen molar-refractivity contribution in [1.82, 2.24) is 10.2 Å². The quantitative estimate of drug-likeness (QED) is 0.770. The summed E-state index contributed by atoms with van der Waals surface area (Å²) in [4.78, 5) is 2.67. The van der Waals surface area contributed by atoms with Crippen LogP contribution in [0.4, 0.5) is 0 Å². The third-order valence-electron chi connectivity index (χ3n) is 5.95. The Kier molecular flexibility index (Phi) is 4.83. The van der Waals surface area contributed by atoms with E-state index in [0.29, 0.717) is 6.04 Å². The van der Waals surface area contributed by atoms with Gasteiger partial charge in [0.25, 0.3) is 0 Å². The molecular weight excluding hydrogens is 244 g/mol. The van der Waals surface area contributed by atoms with Gasteiger partial charge in [-0.1, -0.05) is 18.6 Å². The standard InChI is InChI=1S/C18H32N2/c1-3-11-19-18(14-7-5-4-6-8-14)15-12-16-9-10-17(13-15)20(16)2/h7,15-19H,3-6,8-13H2,1-2H3. The first kappa shape index (κ1) is 14.6. The third-order valence-corrected chi connectivity index (χ3v) is 5.95. The van der Waals surface area contributed by atoms with Gasteiger partial charge in [-0.2, -0.15) is 0 Å². The number of nitrogens with zero attached hydrogens (tertiary/aromatic N) is 1. The molecule has 2 fully saturated rings. The van der Waals surface area contributed by atoms with Crippen LogP contribution in [0.1, 0.15) is 64.7 Å². The van der Waals surface area contributed by atoms with Gasteiger partial charge < -0.3 is 10.2 Å². The highest BCUT2D eigenvalue weighted by molar-refractivity contribution is 5.16. The molecule has 0 saturated carbocycles. The van der Waals surface area contributed by atoms with E-state index in [1.54, 1.807) is 5.57 Å². The first-order valence-corrected chi connectivity index (χ1v) is 8.93. The highest BCUT2D eigenvalue weighted by Crippen LogP contribution is 2.40. The largest absolute Gasteiger partial charge is 0.310 e. The third kappa shape index (κ3) is 2.96. The fraction of sp³-hybridized carbons (Fsp3) is 0.889. The van der Waals surface area contributed by atoms with E-state index in [4.69, 9.17) is 0 Å². The minimum Gasteiger partial charge on any atom is -0.310 e. The molecule has 2 saturated heterocycles. The molecule has 3 atom stereocenters. The number of nitrogens with one attached hydrogen (secondary N) is 1. The van der Waals surface area contributed by atoms with Gasteiger partial charge in [0.05, 0.1) is 0 Å². The molecule has 0 amide bonds. The molecule has 2 aliphatic heterocycles. The predicted octanol–water partition coefficient (Wildman–Crippen LogP) is 3.73. The van der Waals surface area contributed by atoms with Gasteiger partial charge in [0, 0.05) is 18.1 Å². The van der Waals surface area contributed by atoms with E-state index in [1.807, 2.05) is 0 Å². The average molecular weight is 276 g/mol. The first-order valence-electron chi connectivity index (χ1n) is 8.93. The molecule has 114 valence electrons. The smallest absolute Gasteiger partial charge is 0.0309 e. The molecule has 2 heterocycles. The molecule has 2 bridgehead atoms. The number of hydrogen-bond acceptors (Lipinski definition) is 2. The highest BCUT2D eigenvalue weighted by Gasteiger charge is 2.41. The van der Waals surface area contributed by atoms with Gasteiger partial charge in [0.15, 0.2) is 0 Å². The molecule has 1 N–H and O–H groups in total. The second-order valence-electron chi connectivity index (χ2n) is 7.24. The second-order valence-corrected chi connectivity index (χ2v) is 7.24. The summed E-state index contributed by atoms with van der Waals surface area (Å²) in [5, 5.41) is 3.91.